The molecule has 4 aliphatic carbocycles. The molecule has 0 radical (unpaired) electrons. The second-order valence-electron chi connectivity index (χ2n) is 19.2. The maximum absolute atomic E-state index is 15.5. The van der Waals surface area contributed by atoms with Crippen LogP contribution in [0.4, 0.5) is 0 Å². The highest BCUT2D eigenvalue weighted by atomic mass is 16.1. The number of carbonyl (C=O) groups is 2. The third kappa shape index (κ3) is 6.30. The summed E-state index contributed by atoms with van der Waals surface area (Å²) in [6.45, 7) is 0. The Morgan fingerprint density at radius 3 is 0.726 bits per heavy atom. The number of allylic oxidation sites excluding steroid dienone is 8. The summed E-state index contributed by atoms with van der Waals surface area (Å²) in [6.07, 6.45) is 0. The fourth-order valence-electron chi connectivity index (χ4n) is 12.5. The molecule has 0 aliphatic heterocycles. The minimum Gasteiger partial charge on any atom is -0.289 e. The maximum atomic E-state index is 15.5. The van der Waals surface area contributed by atoms with Gasteiger partial charge in [-0.1, -0.05) is 255 Å². The van der Waals surface area contributed by atoms with Crippen LogP contribution in [-0.4, -0.2) is 11.6 Å². The summed E-state index contributed by atoms with van der Waals surface area (Å²) in [5, 5.41) is 0. The zero-order valence-electron chi connectivity index (χ0n) is 39.7. The lowest BCUT2D eigenvalue weighted by Crippen LogP contribution is -2.26. The molecule has 0 atom stereocenters. The van der Waals surface area contributed by atoms with Gasteiger partial charge < -0.3 is 0 Å². The number of hydrogen-bond donors (Lipinski definition) is 0. The van der Waals surface area contributed by atoms with Crippen molar-refractivity contribution in [2.45, 2.75) is 5.41 Å². The van der Waals surface area contributed by atoms with Gasteiger partial charge in [0.25, 0.3) is 0 Å². The minimum absolute atomic E-state index is 0.0108. The van der Waals surface area contributed by atoms with Crippen molar-refractivity contribution < 1.29 is 9.59 Å². The Hall–Kier alpha value is -9.50. The van der Waals surface area contributed by atoms with Crippen LogP contribution in [0.3, 0.4) is 0 Å². The molecular formula is C71H44O2. The van der Waals surface area contributed by atoms with Crippen LogP contribution in [0.2, 0.25) is 0 Å². The summed E-state index contributed by atoms with van der Waals surface area (Å²) >= 11 is 0. The molecule has 0 bridgehead atoms. The van der Waals surface area contributed by atoms with Crippen LogP contribution < -0.4 is 0 Å². The van der Waals surface area contributed by atoms with Gasteiger partial charge in [-0.15, -0.1) is 0 Å². The second-order valence-corrected chi connectivity index (χ2v) is 19.2. The molecule has 340 valence electrons. The number of rotatable bonds is 8. The minimum atomic E-state index is -0.756. The molecule has 0 saturated carbocycles. The van der Waals surface area contributed by atoms with Gasteiger partial charge in [0.2, 0.25) is 0 Å². The Morgan fingerprint density at radius 2 is 0.425 bits per heavy atom. The standard InChI is InChI=1S/C71H44O2/c72-69-65(47-27-11-3-12-28-47)61(45-23-7-1-8-24-45)63(67(69)49-31-15-5-16-32-49)51-39-41-55-56-42-40-52(44-60(56)71(59(55)43-51)57-37-21-19-35-53(57)54-36-20-22-38-58(54)71)64-62(46-25-9-2-10-26-46)66(48-29-13-4-14-30-48)70(73)68(64)50-33-17-6-18-34-50/h1-44H. The Balaban J connectivity index is 1.07. The van der Waals surface area contributed by atoms with Crippen molar-refractivity contribution in [2.75, 3.05) is 0 Å². The lowest BCUT2D eigenvalue weighted by molar-refractivity contribution is -0.109. The van der Waals surface area contributed by atoms with Crippen molar-refractivity contribution in [1.82, 2.24) is 0 Å². The maximum Gasteiger partial charge on any atom is 0.195 e. The lowest BCUT2D eigenvalue weighted by Gasteiger charge is -2.31. The van der Waals surface area contributed by atoms with Gasteiger partial charge in [-0.2, -0.15) is 0 Å². The molecule has 0 N–H and O–H groups in total. The van der Waals surface area contributed by atoms with E-state index in [1.165, 1.54) is 22.3 Å². The molecule has 73 heavy (non-hydrogen) atoms. The van der Waals surface area contributed by atoms with Crippen LogP contribution in [0.5, 0.6) is 0 Å². The van der Waals surface area contributed by atoms with Gasteiger partial charge in [0.1, 0.15) is 0 Å². The van der Waals surface area contributed by atoms with E-state index in [0.29, 0.717) is 22.3 Å². The van der Waals surface area contributed by atoms with Gasteiger partial charge in [-0.3, -0.25) is 9.59 Å². The van der Waals surface area contributed by atoms with Crippen LogP contribution >= 0.6 is 0 Å². The molecule has 0 amide bonds. The second kappa shape index (κ2) is 16.8. The van der Waals surface area contributed by atoms with Gasteiger partial charge in [-0.25, -0.2) is 0 Å². The number of fused-ring (bicyclic) bond motifs is 10. The molecule has 2 heteroatoms. The molecule has 0 heterocycles. The van der Waals surface area contributed by atoms with E-state index in [4.69, 9.17) is 0 Å². The van der Waals surface area contributed by atoms with Gasteiger partial charge in [0, 0.05) is 44.6 Å². The first-order chi connectivity index (χ1) is 36.1. The highest BCUT2D eigenvalue weighted by Gasteiger charge is 2.52. The van der Waals surface area contributed by atoms with Crippen LogP contribution in [-0.2, 0) is 15.0 Å². The topological polar surface area (TPSA) is 34.1 Å². The Labute approximate surface area is 425 Å². The van der Waals surface area contributed by atoms with E-state index in [2.05, 4.69) is 182 Å². The fraction of sp³-hybridized carbons (Fsp3) is 0.0141. The summed E-state index contributed by atoms with van der Waals surface area (Å²) in [5.74, 6) is 0.0217. The SMILES string of the molecule is O=C1C(c2ccccc2)=C(c2ccccc2)C(c2ccc3c(c2)C2(c4ccccc4-c4ccccc42)c2cc(C4=C(c5ccccc5)C(=O)C(c5ccccc5)=C4c4ccccc4)ccc2-3)=C1c1ccccc1. The summed E-state index contributed by atoms with van der Waals surface area (Å²) in [4.78, 5) is 30.9. The van der Waals surface area contributed by atoms with E-state index in [9.17, 15) is 0 Å². The summed E-state index contributed by atoms with van der Waals surface area (Å²) in [6, 6.07) is 93.0. The van der Waals surface area contributed by atoms with Crippen molar-refractivity contribution in [3.63, 3.8) is 0 Å². The lowest BCUT2D eigenvalue weighted by atomic mass is 9.69. The summed E-state index contributed by atoms with van der Waals surface area (Å²) < 4.78 is 0. The predicted octanol–water partition coefficient (Wildman–Crippen LogP) is 16.2. The van der Waals surface area contributed by atoms with Crippen LogP contribution in [0.25, 0.3) is 66.8 Å². The Kier molecular flexibility index (Phi) is 9.77. The molecule has 0 aromatic heterocycles. The molecule has 0 saturated heterocycles. The van der Waals surface area contributed by atoms with Crippen LogP contribution in [0.1, 0.15) is 66.8 Å². The third-order valence-electron chi connectivity index (χ3n) is 15.5. The van der Waals surface area contributed by atoms with Crippen LogP contribution in [0, 0.1) is 0 Å². The largest absolute Gasteiger partial charge is 0.289 e. The smallest absolute Gasteiger partial charge is 0.195 e. The molecular weight excluding hydrogens is 885 g/mol. The van der Waals surface area contributed by atoms with Gasteiger partial charge in [0.05, 0.1) is 5.41 Å². The Morgan fingerprint density at radius 1 is 0.192 bits per heavy atom. The number of hydrogen-bond acceptors (Lipinski definition) is 2. The van der Waals surface area contributed by atoms with Gasteiger partial charge in [0.15, 0.2) is 11.6 Å². The number of Topliss-reactive ketones (excluding diaryl/α,β-unsaturated/α-hetero) is 2. The third-order valence-corrected chi connectivity index (χ3v) is 15.5. The van der Waals surface area contributed by atoms with Crippen molar-refractivity contribution >= 4 is 56.2 Å². The first-order valence-electron chi connectivity index (χ1n) is 25.0. The average Bonchev–Trinajstić information content (AvgIpc) is 4.17. The molecule has 2 nitrogen and oxygen atoms in total. The molecule has 10 aromatic rings. The van der Waals surface area contributed by atoms with Crippen molar-refractivity contribution in [3.05, 3.63) is 334 Å². The van der Waals surface area contributed by atoms with Crippen molar-refractivity contribution in [3.8, 4) is 22.3 Å². The highest BCUT2D eigenvalue weighted by molar-refractivity contribution is 6.60. The molecule has 0 unspecified atom stereocenters. The summed E-state index contributed by atoms with van der Waals surface area (Å²) in [7, 11) is 0. The van der Waals surface area contributed by atoms with Gasteiger partial charge in [-0.05, 0) is 101 Å². The van der Waals surface area contributed by atoms with E-state index < -0.39 is 5.41 Å². The van der Waals surface area contributed by atoms with Crippen molar-refractivity contribution in [2.24, 2.45) is 0 Å². The first kappa shape index (κ1) is 42.4. The van der Waals surface area contributed by atoms with E-state index in [-0.39, 0.29) is 11.6 Å². The molecule has 1 spiro atoms. The van der Waals surface area contributed by atoms with E-state index in [1.807, 2.05) is 84.9 Å². The van der Waals surface area contributed by atoms with E-state index in [0.717, 1.165) is 89.1 Å². The zero-order valence-corrected chi connectivity index (χ0v) is 39.7. The fourth-order valence-corrected chi connectivity index (χ4v) is 12.5. The average molecular weight is 929 g/mol. The van der Waals surface area contributed by atoms with E-state index in [1.54, 1.807) is 0 Å². The molecule has 14 rings (SSSR count). The normalized spacial score (nSPS) is 15.1. The summed E-state index contributed by atoms with van der Waals surface area (Å²) in [5.41, 5.74) is 22.6. The first-order valence-corrected chi connectivity index (χ1v) is 25.0. The molecule has 4 aliphatic rings. The van der Waals surface area contributed by atoms with Gasteiger partial charge >= 0.3 is 0 Å². The zero-order chi connectivity index (χ0) is 48.6. The van der Waals surface area contributed by atoms with Crippen molar-refractivity contribution in [1.29, 1.82) is 0 Å². The Bertz CT molecular complexity index is 3780. The molecule has 10 aromatic carbocycles. The molecule has 0 fully saturated rings. The highest BCUT2D eigenvalue weighted by Crippen LogP contribution is 2.64. The predicted molar refractivity (Wildman–Crippen MR) is 299 cm³/mol. The monoisotopic (exact) mass is 928 g/mol. The number of ketones is 2. The van der Waals surface area contributed by atoms with Crippen LogP contribution in [0.15, 0.2) is 267 Å². The number of benzene rings is 10. The van der Waals surface area contributed by atoms with E-state index >= 15 is 9.59 Å². The number of carbonyl (C=O) groups excluding carboxylic acids is 2. The quantitative estimate of drug-likeness (QED) is 0.152.